The molecule has 22 rings (SSSR count). The molecule has 16 bridgehead atoms. The molecule has 24 nitrogen and oxygen atoms in total. The zero-order valence-corrected chi connectivity index (χ0v) is 79.6. The molecule has 0 amide bonds. The van der Waals surface area contributed by atoms with Crippen LogP contribution in [0.15, 0.2) is 152 Å². The molecule has 0 aromatic heterocycles. The average Bonchev–Trinajstić information content (AvgIpc) is 1.59. The van der Waals surface area contributed by atoms with Crippen LogP contribution < -0.4 is 69.5 Å². The van der Waals surface area contributed by atoms with Gasteiger partial charge in [-0.2, -0.15) is 0 Å². The van der Waals surface area contributed by atoms with Crippen molar-refractivity contribution in [3.63, 3.8) is 0 Å². The molecule has 19 aliphatic carbocycles. The zero-order chi connectivity index (χ0) is 87.4. The number of aliphatic carboxylic acids is 5. The topological polar surface area (TPSA) is 405 Å². The molecule has 1 aromatic carbocycles. The number of aliphatic hydroxyl groups excluding tert-OH is 1. The van der Waals surface area contributed by atoms with Gasteiger partial charge in [-0.05, 0) is 265 Å². The number of hydrogen-bond donors (Lipinski definition) is 5. The number of benzene rings is 1. The van der Waals surface area contributed by atoms with E-state index in [4.69, 9.17) is 72.6 Å². The second-order valence-corrected chi connectivity index (χ2v) is 37.0. The zero-order valence-electron chi connectivity index (χ0n) is 72.0. The van der Waals surface area contributed by atoms with Crippen LogP contribution in [0.2, 0.25) is 0 Å². The van der Waals surface area contributed by atoms with Crippen molar-refractivity contribution in [2.24, 2.45) is 142 Å². The summed E-state index contributed by atoms with van der Waals surface area (Å²) in [5, 5.41) is 63.4. The Bertz CT molecular complexity index is 3800. The molecular formula is C99H139Cl2INa2O24. The maximum atomic E-state index is 11.4. The van der Waals surface area contributed by atoms with Gasteiger partial charge < -0.3 is 74.7 Å². The number of alkyl halides is 3. The van der Waals surface area contributed by atoms with Crippen molar-refractivity contribution in [2.45, 2.75) is 193 Å². The molecule has 2 heterocycles. The van der Waals surface area contributed by atoms with Crippen LogP contribution in [-0.4, -0.2) is 148 Å². The van der Waals surface area contributed by atoms with Gasteiger partial charge in [-0.15, -0.1) is 23.2 Å². The quantitative estimate of drug-likeness (QED) is 0.0139. The standard InChI is InChI=1S/C14H14O2.2C9H12O2.C8H9IO2.4C8H10O2.C8H12O.C5H6.C4H6O2.C4H8O.CH2Cl2.CH2O3.4CH4.2Na.H2O/c15-14(16)13-11-7-3-1-5-9(11)10-6-2-4-8-12(10)13;2*1-11-9(10)8-5-6-2-3-7(8)4-6;9-6-3-1-4-5(2-3)8(10)11-7(4)6;4*9-8(10)7-4-5-1-2-6(7)3-5;9-5-8-4-6-1-2-7(8)3-6;1-2-4-5-3-1;1-3-4(5)6-2;1-2-4-5-3-1;2-1-3;2-1-4-3;;;;;;;/h1,3,5,7,13H,2,4,6,8H2,(H,15,16);2*2-3,6-8H,4-5H2,1H3;3-7H,1-2H2;4*1-2,5-7H,3-4H2,(H,9,10);1-2,6-9H,3-5H2;1-4H,5H2;3H,1H2,2H3;1-4H2;1H2;1,3H;4*1H4;;;1H2/q;;;;;;;;;;;;;;;;;;2*+1;/p-2. The van der Waals surface area contributed by atoms with Crippen molar-refractivity contribution in [3.8, 4) is 0 Å². The van der Waals surface area contributed by atoms with Gasteiger partial charge in [0.05, 0.1) is 66.1 Å². The molecule has 0 spiro atoms. The maximum Gasteiger partial charge on any atom is 1.00 e. The van der Waals surface area contributed by atoms with E-state index in [1.807, 2.05) is 24.3 Å². The number of carboxylic acid groups (broad SMARTS) is 5. The Morgan fingerprint density at radius 1 is 0.523 bits per heavy atom. The van der Waals surface area contributed by atoms with Crippen molar-refractivity contribution in [3.05, 3.63) is 163 Å². The van der Waals surface area contributed by atoms with Gasteiger partial charge in [-0.25, -0.2) is 4.79 Å². The number of hydrogen-bond acceptors (Lipinski definition) is 19. The van der Waals surface area contributed by atoms with Gasteiger partial charge in [0, 0.05) is 43.7 Å². The van der Waals surface area contributed by atoms with Gasteiger partial charge >= 0.3 is 107 Å². The van der Waals surface area contributed by atoms with Crippen molar-refractivity contribution in [1.29, 1.82) is 0 Å². The smallest absolute Gasteiger partial charge is 0.662 e. The summed E-state index contributed by atoms with van der Waals surface area (Å²) >= 11 is 12.0. The third-order valence-corrected chi connectivity index (χ3v) is 29.3. The van der Waals surface area contributed by atoms with E-state index in [0.29, 0.717) is 87.5 Å². The minimum Gasteiger partial charge on any atom is -0.662 e. The number of aliphatic hydroxyl groups is 1. The summed E-state index contributed by atoms with van der Waals surface area (Å²) in [4.78, 5) is 108. The SMILES string of the molecule is C.C.C.C.C1=CCC=C1.C1CCOC1.C=CC(=O)OC.COC(=O)C1CC2C=CC1C2.COC(=O)C1CC2C=CC1C2.ClCCl.O.O=C(O)C1C2=C(CCCC2)c2ccccc21.O=C(O)C1CC2C=CC1C2.O=C(O)C1CC2C=CC1C2.O=C(O)C1CC2C=CC1C2.O=C([O-])C1CC2C=CC1C2.O=C1OC2C(I)C3CC1C2C3.O=CO[O-].OCC1CC2C=CC1C2.[Na+].[Na+]. The first kappa shape index (κ1) is 118. The summed E-state index contributed by atoms with van der Waals surface area (Å²) in [5.41, 5.74) is 4.67. The van der Waals surface area contributed by atoms with Gasteiger partial charge in [0.2, 0.25) is 0 Å². The molecule has 1 aromatic rings. The van der Waals surface area contributed by atoms with Gasteiger partial charge in [-0.1, -0.05) is 193 Å². The van der Waals surface area contributed by atoms with Crippen LogP contribution in [0, 0.1) is 142 Å². The normalized spacial score (nSPS) is 33.5. The molecule has 27 atom stereocenters. The summed E-state index contributed by atoms with van der Waals surface area (Å²) < 4.78 is 24.4. The molecule has 2 saturated heterocycles. The van der Waals surface area contributed by atoms with Gasteiger partial charge in [0.15, 0.2) is 0 Å². The van der Waals surface area contributed by atoms with Crippen molar-refractivity contribution < 1.29 is 177 Å². The van der Waals surface area contributed by atoms with E-state index in [9.17, 15) is 53.4 Å². The van der Waals surface area contributed by atoms with Crippen molar-refractivity contribution in [2.75, 3.05) is 46.5 Å². The first-order valence-corrected chi connectivity index (χ1v) is 45.4. The number of methoxy groups -OCH3 is 3. The Balaban J connectivity index is 0.000000471. The molecule has 9 saturated carbocycles. The van der Waals surface area contributed by atoms with Gasteiger partial charge in [-0.3, -0.25) is 38.4 Å². The first-order valence-electron chi connectivity index (χ1n) is 43.1. The molecule has 128 heavy (non-hydrogen) atoms. The van der Waals surface area contributed by atoms with Crippen LogP contribution in [0.4, 0.5) is 0 Å². The van der Waals surface area contributed by atoms with E-state index in [1.165, 1.54) is 89.4 Å². The number of fused-ring (bicyclic) bond motifs is 17. The second kappa shape index (κ2) is 59.8. The summed E-state index contributed by atoms with van der Waals surface area (Å²) in [6, 6.07) is 7.97. The van der Waals surface area contributed by atoms with E-state index >= 15 is 0 Å². The Labute approximate surface area is 826 Å². The van der Waals surface area contributed by atoms with E-state index in [1.54, 1.807) is 0 Å². The number of rotatable bonds is 10. The number of allylic oxidation sites excluding steroid dienone is 19. The fourth-order valence-electron chi connectivity index (χ4n) is 21.7. The molecule has 27 unspecified atom stereocenters. The van der Waals surface area contributed by atoms with Crippen molar-refractivity contribution >= 4 is 112 Å². The predicted octanol–water partition coefficient (Wildman–Crippen LogP) is 10.5. The molecule has 11 fully saturated rings. The average molecular weight is 1960 g/mol. The summed E-state index contributed by atoms with van der Waals surface area (Å²) in [7, 11) is 4.25. The van der Waals surface area contributed by atoms with Crippen LogP contribution in [0.5, 0.6) is 0 Å². The predicted molar refractivity (Wildman–Crippen MR) is 490 cm³/mol. The summed E-state index contributed by atoms with van der Waals surface area (Å²) in [6.07, 6.45) is 64.9. The number of ether oxygens (including phenoxy) is 5. The van der Waals surface area contributed by atoms with Gasteiger partial charge in [0.25, 0.3) is 6.47 Å². The van der Waals surface area contributed by atoms with Gasteiger partial charge in [0.1, 0.15) is 12.0 Å². The Morgan fingerprint density at radius 2 is 0.898 bits per heavy atom. The summed E-state index contributed by atoms with van der Waals surface area (Å²) in [6.45, 7) is 5.37. The molecule has 21 aliphatic rings. The van der Waals surface area contributed by atoms with E-state index in [0.717, 1.165) is 139 Å². The third-order valence-electron chi connectivity index (χ3n) is 27.6. The molecule has 0 radical (unpaired) electrons. The third kappa shape index (κ3) is 32.8. The number of carbonyl (C=O) groups is 10. The summed E-state index contributed by atoms with van der Waals surface area (Å²) in [5.74, 6) is 5.44. The van der Waals surface area contributed by atoms with E-state index < -0.39 is 35.8 Å². The van der Waals surface area contributed by atoms with Crippen LogP contribution in [0.25, 0.3) is 5.57 Å². The molecular weight excluding hydrogens is 1820 g/mol. The minimum absolute atomic E-state index is 0. The Morgan fingerprint density at radius 3 is 1.14 bits per heavy atom. The minimum atomic E-state index is -0.864. The van der Waals surface area contributed by atoms with Crippen LogP contribution in [-0.2, 0) is 76.5 Å². The largest absolute Gasteiger partial charge is 1.00 e. The maximum absolute atomic E-state index is 11.4. The van der Waals surface area contributed by atoms with Crippen LogP contribution in [0.1, 0.15) is 194 Å². The molecule has 702 valence electrons. The molecule has 29 heteroatoms. The molecule has 7 N–H and O–H groups in total. The number of carbonyl (C=O) groups excluding carboxylic acids is 6. The number of esters is 4. The Hall–Kier alpha value is -5.79. The van der Waals surface area contributed by atoms with Crippen LogP contribution in [0.3, 0.4) is 0 Å². The van der Waals surface area contributed by atoms with Crippen molar-refractivity contribution in [1.82, 2.24) is 0 Å². The molecule has 2 aliphatic heterocycles. The van der Waals surface area contributed by atoms with Crippen LogP contribution >= 0.6 is 45.8 Å². The Kier molecular flexibility index (Phi) is 55.2. The van der Waals surface area contributed by atoms with E-state index in [-0.39, 0.29) is 183 Å². The first-order chi connectivity index (χ1) is 58.3. The fourth-order valence-corrected chi connectivity index (χ4v) is 22.9. The monoisotopic (exact) mass is 1950 g/mol. The second-order valence-electron chi connectivity index (χ2n) is 34.8. The number of carboxylic acids is 5. The number of halogens is 3. The fraction of sp³-hybridized carbons (Fsp3) is 0.616. The van der Waals surface area contributed by atoms with E-state index in [2.05, 4.69) is 148 Å².